The third-order valence-electron chi connectivity index (χ3n) is 5.70. The van der Waals surface area contributed by atoms with Crippen molar-refractivity contribution in [2.75, 3.05) is 36.5 Å². The van der Waals surface area contributed by atoms with Crippen LogP contribution < -0.4 is 15.4 Å². The predicted octanol–water partition coefficient (Wildman–Crippen LogP) is 2.48. The summed E-state index contributed by atoms with van der Waals surface area (Å²) in [5, 5.41) is 0. The first kappa shape index (κ1) is 21.5. The minimum absolute atomic E-state index is 0.0414. The lowest BCUT2D eigenvalue weighted by Crippen LogP contribution is -2.53. The standard InChI is InChI=1S/C23H24FN5O3/c1-15-14-28(17-6-4-16(5-7-17)22(31)32-3)10-11-29(15)23-26-20(12-21(30)27(23)2)18-8-9-25-13-19(18)24/h4-9,12-13,15H,10-11,14H2,1-3H3. The fourth-order valence-corrected chi connectivity index (χ4v) is 3.92. The van der Waals surface area contributed by atoms with Gasteiger partial charge in [-0.05, 0) is 37.3 Å². The molecule has 1 aliphatic heterocycles. The van der Waals surface area contributed by atoms with Gasteiger partial charge in [0.05, 0.1) is 24.6 Å². The summed E-state index contributed by atoms with van der Waals surface area (Å²) in [5.41, 5.74) is 1.78. The molecule has 1 fully saturated rings. The number of methoxy groups -OCH3 is 1. The Hall–Kier alpha value is -3.75. The van der Waals surface area contributed by atoms with Crippen LogP contribution in [0.1, 0.15) is 17.3 Å². The van der Waals surface area contributed by atoms with Crippen molar-refractivity contribution in [1.82, 2.24) is 14.5 Å². The first-order chi connectivity index (χ1) is 15.4. The van der Waals surface area contributed by atoms with Crippen LogP contribution in [0.2, 0.25) is 0 Å². The lowest BCUT2D eigenvalue weighted by molar-refractivity contribution is 0.0600. The number of esters is 1. The number of aromatic nitrogens is 3. The first-order valence-electron chi connectivity index (χ1n) is 10.3. The van der Waals surface area contributed by atoms with E-state index in [9.17, 15) is 14.0 Å². The summed E-state index contributed by atoms with van der Waals surface area (Å²) in [6, 6.07) is 10.2. The van der Waals surface area contributed by atoms with Crippen LogP contribution in [0.15, 0.2) is 53.6 Å². The molecule has 1 aromatic carbocycles. The highest BCUT2D eigenvalue weighted by atomic mass is 19.1. The van der Waals surface area contributed by atoms with E-state index in [1.54, 1.807) is 19.2 Å². The lowest BCUT2D eigenvalue weighted by Gasteiger charge is -2.42. The minimum Gasteiger partial charge on any atom is -0.465 e. The molecule has 9 heteroatoms. The number of hydrogen-bond donors (Lipinski definition) is 0. The van der Waals surface area contributed by atoms with Gasteiger partial charge in [-0.3, -0.25) is 14.3 Å². The zero-order valence-electron chi connectivity index (χ0n) is 18.2. The molecule has 2 aromatic heterocycles. The molecule has 1 atom stereocenters. The van der Waals surface area contributed by atoms with Gasteiger partial charge in [-0.15, -0.1) is 0 Å². The summed E-state index contributed by atoms with van der Waals surface area (Å²) in [5.74, 6) is -0.392. The molecule has 0 spiro atoms. The number of piperazine rings is 1. The van der Waals surface area contributed by atoms with Crippen LogP contribution in [0.3, 0.4) is 0 Å². The van der Waals surface area contributed by atoms with Crippen molar-refractivity contribution in [3.05, 3.63) is 70.5 Å². The summed E-state index contributed by atoms with van der Waals surface area (Å²) in [6.07, 6.45) is 2.59. The first-order valence-corrected chi connectivity index (χ1v) is 10.3. The van der Waals surface area contributed by atoms with Crippen LogP contribution in [-0.2, 0) is 11.8 Å². The van der Waals surface area contributed by atoms with E-state index in [1.165, 1.54) is 30.0 Å². The molecule has 1 saturated heterocycles. The van der Waals surface area contributed by atoms with Gasteiger partial charge in [0.1, 0.15) is 0 Å². The Morgan fingerprint density at radius 1 is 1.19 bits per heavy atom. The van der Waals surface area contributed by atoms with Crippen molar-refractivity contribution in [2.45, 2.75) is 13.0 Å². The molecule has 4 rings (SSSR count). The number of rotatable bonds is 4. The smallest absolute Gasteiger partial charge is 0.337 e. The Morgan fingerprint density at radius 3 is 2.59 bits per heavy atom. The number of nitrogens with zero attached hydrogens (tertiary/aromatic N) is 5. The molecular weight excluding hydrogens is 413 g/mol. The van der Waals surface area contributed by atoms with Gasteiger partial charge in [-0.1, -0.05) is 0 Å². The molecular formula is C23H24FN5O3. The zero-order valence-corrected chi connectivity index (χ0v) is 18.2. The van der Waals surface area contributed by atoms with E-state index in [-0.39, 0.29) is 28.8 Å². The molecule has 0 N–H and O–H groups in total. The quantitative estimate of drug-likeness (QED) is 0.580. The maximum absolute atomic E-state index is 14.2. The molecule has 3 heterocycles. The van der Waals surface area contributed by atoms with Gasteiger partial charge in [-0.2, -0.15) is 0 Å². The normalized spacial score (nSPS) is 16.2. The average molecular weight is 437 g/mol. The summed E-state index contributed by atoms with van der Waals surface area (Å²) >= 11 is 0. The fraction of sp³-hybridized carbons (Fsp3) is 0.304. The second-order valence-electron chi connectivity index (χ2n) is 7.72. The second kappa shape index (κ2) is 8.78. The number of ether oxygens (including phenoxy) is 1. The molecule has 3 aromatic rings. The monoisotopic (exact) mass is 437 g/mol. The summed E-state index contributed by atoms with van der Waals surface area (Å²) in [6.45, 7) is 4.08. The van der Waals surface area contributed by atoms with Gasteiger partial charge in [0.2, 0.25) is 5.95 Å². The Balaban J connectivity index is 1.58. The molecule has 0 aliphatic carbocycles. The molecule has 1 unspecified atom stereocenters. The van der Waals surface area contributed by atoms with Gasteiger partial charge < -0.3 is 14.5 Å². The van der Waals surface area contributed by atoms with Crippen LogP contribution in [-0.4, -0.2) is 53.3 Å². The Morgan fingerprint density at radius 2 is 1.94 bits per heavy atom. The number of anilines is 2. The minimum atomic E-state index is -0.521. The van der Waals surface area contributed by atoms with Crippen molar-refractivity contribution < 1.29 is 13.9 Å². The number of pyridine rings is 1. The summed E-state index contributed by atoms with van der Waals surface area (Å²) < 4.78 is 20.5. The molecule has 0 radical (unpaired) electrons. The third kappa shape index (κ3) is 4.05. The van der Waals surface area contributed by atoms with Crippen LogP contribution >= 0.6 is 0 Å². The highest BCUT2D eigenvalue weighted by Gasteiger charge is 2.27. The number of halogens is 1. The summed E-state index contributed by atoms with van der Waals surface area (Å²) in [7, 11) is 3.03. The van der Waals surface area contributed by atoms with E-state index in [2.05, 4.69) is 26.7 Å². The van der Waals surface area contributed by atoms with Gasteiger partial charge in [0, 0.05) is 56.2 Å². The molecule has 0 amide bonds. The molecule has 0 bridgehead atoms. The molecule has 8 nitrogen and oxygen atoms in total. The SMILES string of the molecule is COC(=O)c1ccc(N2CCN(c3nc(-c4ccncc4F)cc(=O)n3C)C(C)C2)cc1. The molecule has 166 valence electrons. The van der Waals surface area contributed by atoms with E-state index < -0.39 is 5.82 Å². The second-order valence-corrected chi connectivity index (χ2v) is 7.72. The van der Waals surface area contributed by atoms with Crippen molar-refractivity contribution >= 4 is 17.6 Å². The average Bonchev–Trinajstić information content (AvgIpc) is 2.81. The van der Waals surface area contributed by atoms with E-state index in [1.807, 2.05) is 12.1 Å². The Bertz CT molecular complexity index is 1190. The van der Waals surface area contributed by atoms with E-state index in [4.69, 9.17) is 4.74 Å². The summed E-state index contributed by atoms with van der Waals surface area (Å²) in [4.78, 5) is 36.9. The zero-order chi connectivity index (χ0) is 22.8. The third-order valence-corrected chi connectivity index (χ3v) is 5.70. The Kier molecular flexibility index (Phi) is 5.89. The van der Waals surface area contributed by atoms with E-state index in [0.717, 1.165) is 11.9 Å². The van der Waals surface area contributed by atoms with E-state index in [0.29, 0.717) is 31.1 Å². The topological polar surface area (TPSA) is 80.6 Å². The predicted molar refractivity (Wildman–Crippen MR) is 119 cm³/mol. The van der Waals surface area contributed by atoms with Crippen molar-refractivity contribution in [3.63, 3.8) is 0 Å². The van der Waals surface area contributed by atoms with Crippen LogP contribution in [0.25, 0.3) is 11.3 Å². The van der Waals surface area contributed by atoms with Gasteiger partial charge >= 0.3 is 5.97 Å². The van der Waals surface area contributed by atoms with Crippen LogP contribution in [0.4, 0.5) is 16.0 Å². The van der Waals surface area contributed by atoms with Crippen LogP contribution in [0, 0.1) is 5.82 Å². The highest BCUT2D eigenvalue weighted by molar-refractivity contribution is 5.89. The van der Waals surface area contributed by atoms with Crippen molar-refractivity contribution in [2.24, 2.45) is 7.05 Å². The van der Waals surface area contributed by atoms with Gasteiger partial charge in [-0.25, -0.2) is 14.2 Å². The maximum atomic E-state index is 14.2. The molecule has 0 saturated carbocycles. The molecule has 1 aliphatic rings. The number of hydrogen-bond acceptors (Lipinski definition) is 7. The van der Waals surface area contributed by atoms with Crippen molar-refractivity contribution in [1.29, 1.82) is 0 Å². The van der Waals surface area contributed by atoms with Gasteiger partial charge in [0.25, 0.3) is 5.56 Å². The number of carbonyl (C=O) groups is 1. The van der Waals surface area contributed by atoms with Crippen molar-refractivity contribution in [3.8, 4) is 11.3 Å². The number of carbonyl (C=O) groups excluding carboxylic acids is 1. The van der Waals surface area contributed by atoms with E-state index >= 15 is 0 Å². The van der Waals surface area contributed by atoms with Crippen LogP contribution in [0.5, 0.6) is 0 Å². The fourth-order valence-electron chi connectivity index (χ4n) is 3.92. The maximum Gasteiger partial charge on any atom is 0.337 e. The largest absolute Gasteiger partial charge is 0.465 e. The van der Waals surface area contributed by atoms with Gasteiger partial charge in [0.15, 0.2) is 5.82 Å². The Labute approximate surface area is 184 Å². The molecule has 32 heavy (non-hydrogen) atoms. The highest BCUT2D eigenvalue weighted by Crippen LogP contribution is 2.25. The lowest BCUT2D eigenvalue weighted by atomic mass is 10.1. The number of benzene rings is 1.